The van der Waals surface area contributed by atoms with E-state index in [4.69, 9.17) is 11.6 Å². The van der Waals surface area contributed by atoms with Crippen molar-refractivity contribution in [3.63, 3.8) is 0 Å². The molecule has 2 aromatic rings. The van der Waals surface area contributed by atoms with E-state index in [0.29, 0.717) is 28.3 Å². The molecule has 0 fully saturated rings. The Morgan fingerprint density at radius 2 is 1.83 bits per heavy atom. The zero-order valence-corrected chi connectivity index (χ0v) is 15.0. The summed E-state index contributed by atoms with van der Waals surface area (Å²) in [6, 6.07) is 7.84. The number of non-ortho nitro benzene ring substituents is 1. The molecule has 0 aromatic heterocycles. The smallest absolute Gasteiger partial charge is 0.271 e. The molecule has 2 aromatic carbocycles. The summed E-state index contributed by atoms with van der Waals surface area (Å²) in [7, 11) is -3.25. The minimum absolute atomic E-state index is 0.0589. The van der Waals surface area contributed by atoms with Crippen LogP contribution in [0, 0.1) is 24.0 Å². The van der Waals surface area contributed by atoms with Gasteiger partial charge in [0.1, 0.15) is 0 Å². The number of anilines is 1. The van der Waals surface area contributed by atoms with Gasteiger partial charge in [0.15, 0.2) is 9.84 Å². The molecule has 8 heteroatoms. The fraction of sp³-hybridized carbons (Fsp3) is 0.250. The van der Waals surface area contributed by atoms with E-state index in [2.05, 4.69) is 5.32 Å². The lowest BCUT2D eigenvalue weighted by molar-refractivity contribution is -0.384. The van der Waals surface area contributed by atoms with Gasteiger partial charge in [-0.15, -0.1) is 0 Å². The molecule has 0 unspecified atom stereocenters. The first-order valence-electron chi connectivity index (χ1n) is 7.07. The maximum absolute atomic E-state index is 11.6. The zero-order chi connectivity index (χ0) is 18.1. The maximum Gasteiger partial charge on any atom is 0.271 e. The second-order valence-electron chi connectivity index (χ2n) is 5.60. The van der Waals surface area contributed by atoms with Crippen molar-refractivity contribution in [2.75, 3.05) is 11.6 Å². The number of halogens is 1. The van der Waals surface area contributed by atoms with E-state index >= 15 is 0 Å². The average Bonchev–Trinajstić information content (AvgIpc) is 2.44. The Morgan fingerprint density at radius 3 is 2.33 bits per heavy atom. The van der Waals surface area contributed by atoms with E-state index in [9.17, 15) is 18.5 Å². The van der Waals surface area contributed by atoms with Crippen molar-refractivity contribution in [2.45, 2.75) is 25.3 Å². The SMILES string of the molecule is Cc1cc(CNc2c(C)cc([N+](=O)[O-])cc2Cl)ccc1S(C)(=O)=O. The number of nitrogens with one attached hydrogen (secondary N) is 1. The van der Waals surface area contributed by atoms with Crippen molar-refractivity contribution in [1.29, 1.82) is 0 Å². The quantitative estimate of drug-likeness (QED) is 0.639. The Hall–Kier alpha value is -2.12. The molecule has 0 amide bonds. The Balaban J connectivity index is 2.23. The molecule has 0 aliphatic rings. The van der Waals surface area contributed by atoms with Gasteiger partial charge in [0.2, 0.25) is 0 Å². The van der Waals surface area contributed by atoms with Crippen molar-refractivity contribution in [1.82, 2.24) is 0 Å². The minimum atomic E-state index is -3.25. The van der Waals surface area contributed by atoms with E-state index < -0.39 is 14.8 Å². The number of aryl methyl sites for hydroxylation is 2. The number of nitrogens with zero attached hydrogens (tertiary/aromatic N) is 1. The predicted octanol–water partition coefficient (Wildman–Crippen LogP) is 3.88. The topological polar surface area (TPSA) is 89.3 Å². The highest BCUT2D eigenvalue weighted by molar-refractivity contribution is 7.90. The second kappa shape index (κ2) is 6.78. The molecule has 0 saturated heterocycles. The van der Waals surface area contributed by atoms with Gasteiger partial charge in [-0.2, -0.15) is 0 Å². The highest BCUT2D eigenvalue weighted by Crippen LogP contribution is 2.31. The lowest BCUT2D eigenvalue weighted by Gasteiger charge is -2.13. The van der Waals surface area contributed by atoms with Gasteiger partial charge in [0, 0.05) is 24.9 Å². The molecule has 128 valence electrons. The fourth-order valence-electron chi connectivity index (χ4n) is 2.48. The van der Waals surface area contributed by atoms with Crippen molar-refractivity contribution in [3.8, 4) is 0 Å². The number of hydrogen-bond acceptors (Lipinski definition) is 5. The lowest BCUT2D eigenvalue weighted by Crippen LogP contribution is -2.05. The molecular formula is C16H17ClN2O4S. The van der Waals surface area contributed by atoms with Gasteiger partial charge >= 0.3 is 0 Å². The molecular weight excluding hydrogens is 352 g/mol. The maximum atomic E-state index is 11.6. The third-order valence-corrected chi connectivity index (χ3v) is 5.15. The summed E-state index contributed by atoms with van der Waals surface area (Å²) >= 11 is 6.12. The van der Waals surface area contributed by atoms with E-state index in [1.54, 1.807) is 32.0 Å². The van der Waals surface area contributed by atoms with Crippen molar-refractivity contribution >= 4 is 32.8 Å². The summed E-state index contributed by atoms with van der Waals surface area (Å²) in [5, 5.41) is 14.2. The van der Waals surface area contributed by atoms with Gasteiger partial charge in [-0.05, 0) is 36.6 Å². The number of sulfone groups is 1. The second-order valence-corrected chi connectivity index (χ2v) is 7.99. The highest BCUT2D eigenvalue weighted by Gasteiger charge is 2.14. The van der Waals surface area contributed by atoms with Gasteiger partial charge in [-0.3, -0.25) is 10.1 Å². The molecule has 1 N–H and O–H groups in total. The number of nitro groups is 1. The zero-order valence-electron chi connectivity index (χ0n) is 13.5. The molecule has 0 saturated carbocycles. The summed E-state index contributed by atoms with van der Waals surface area (Å²) in [6.45, 7) is 3.90. The summed E-state index contributed by atoms with van der Waals surface area (Å²) < 4.78 is 23.3. The Labute approximate surface area is 145 Å². The molecule has 2 rings (SSSR count). The van der Waals surface area contributed by atoms with Crippen molar-refractivity contribution < 1.29 is 13.3 Å². The van der Waals surface area contributed by atoms with Gasteiger partial charge in [-0.1, -0.05) is 23.7 Å². The first-order valence-corrected chi connectivity index (χ1v) is 9.34. The molecule has 0 bridgehead atoms. The van der Waals surface area contributed by atoms with Crippen LogP contribution in [0.25, 0.3) is 0 Å². The lowest BCUT2D eigenvalue weighted by atomic mass is 10.1. The molecule has 0 spiro atoms. The Bertz CT molecular complexity index is 887. The fourth-order valence-corrected chi connectivity index (χ4v) is 3.77. The molecule has 24 heavy (non-hydrogen) atoms. The largest absolute Gasteiger partial charge is 0.380 e. The van der Waals surface area contributed by atoms with E-state index in [-0.39, 0.29) is 10.7 Å². The van der Waals surface area contributed by atoms with Crippen molar-refractivity contribution in [3.05, 3.63) is 62.2 Å². The Morgan fingerprint density at radius 1 is 1.17 bits per heavy atom. The van der Waals surface area contributed by atoms with Crippen LogP contribution in [0.3, 0.4) is 0 Å². The van der Waals surface area contributed by atoms with Crippen LogP contribution in [0.4, 0.5) is 11.4 Å². The summed E-state index contributed by atoms with van der Waals surface area (Å²) in [5.41, 5.74) is 2.78. The van der Waals surface area contributed by atoms with E-state index in [1.807, 2.05) is 0 Å². The van der Waals surface area contributed by atoms with Crippen LogP contribution in [0.15, 0.2) is 35.2 Å². The molecule has 0 aliphatic heterocycles. The van der Waals surface area contributed by atoms with Crippen LogP contribution in [0.1, 0.15) is 16.7 Å². The molecule has 0 atom stereocenters. The summed E-state index contributed by atoms with van der Waals surface area (Å²) in [6.07, 6.45) is 1.17. The van der Waals surface area contributed by atoms with Crippen LogP contribution in [0.5, 0.6) is 0 Å². The third kappa shape index (κ3) is 4.04. The van der Waals surface area contributed by atoms with Gasteiger partial charge in [0.05, 0.1) is 20.5 Å². The summed E-state index contributed by atoms with van der Waals surface area (Å²) in [5.74, 6) is 0. The molecule has 0 heterocycles. The van der Waals surface area contributed by atoms with Crippen LogP contribution >= 0.6 is 11.6 Å². The van der Waals surface area contributed by atoms with Gasteiger partial charge < -0.3 is 5.32 Å². The molecule has 0 radical (unpaired) electrons. The minimum Gasteiger partial charge on any atom is -0.380 e. The first kappa shape index (κ1) is 18.2. The molecule has 0 aliphatic carbocycles. The normalized spacial score (nSPS) is 11.3. The first-order chi connectivity index (χ1) is 11.1. The van der Waals surface area contributed by atoms with Crippen LogP contribution in [0.2, 0.25) is 5.02 Å². The Kier molecular flexibility index (Phi) is 5.15. The number of benzene rings is 2. The van der Waals surface area contributed by atoms with Crippen molar-refractivity contribution in [2.24, 2.45) is 0 Å². The number of hydrogen-bond donors (Lipinski definition) is 1. The highest BCUT2D eigenvalue weighted by atomic mass is 35.5. The van der Waals surface area contributed by atoms with Gasteiger partial charge in [-0.25, -0.2) is 8.42 Å². The van der Waals surface area contributed by atoms with E-state index in [1.165, 1.54) is 18.4 Å². The van der Waals surface area contributed by atoms with Crippen LogP contribution in [-0.2, 0) is 16.4 Å². The van der Waals surface area contributed by atoms with Gasteiger partial charge in [0.25, 0.3) is 5.69 Å². The standard InChI is InChI=1S/C16H17ClN2O4S/c1-10-6-12(4-5-15(10)24(3,22)23)9-18-16-11(2)7-13(19(20)21)8-14(16)17/h4-8,18H,9H2,1-3H3. The number of rotatable bonds is 5. The number of nitro benzene ring substituents is 1. The van der Waals surface area contributed by atoms with Crippen LogP contribution < -0.4 is 5.32 Å². The predicted molar refractivity (Wildman–Crippen MR) is 94.5 cm³/mol. The van der Waals surface area contributed by atoms with Crippen LogP contribution in [-0.4, -0.2) is 19.6 Å². The van der Waals surface area contributed by atoms with E-state index in [0.717, 1.165) is 5.56 Å². The monoisotopic (exact) mass is 368 g/mol. The molecule has 6 nitrogen and oxygen atoms in total. The summed E-state index contributed by atoms with van der Waals surface area (Å²) in [4.78, 5) is 10.6. The third-order valence-electron chi connectivity index (χ3n) is 3.59. The average molecular weight is 369 g/mol.